The number of hydrogen-bond acceptors (Lipinski definition) is 5. The Morgan fingerprint density at radius 1 is 1.18 bits per heavy atom. The van der Waals surface area contributed by atoms with Gasteiger partial charge in [-0.15, -0.1) is 0 Å². The summed E-state index contributed by atoms with van der Waals surface area (Å²) in [5.74, 6) is 0.206. The van der Waals surface area contributed by atoms with Crippen molar-refractivity contribution in [3.8, 4) is 5.75 Å². The van der Waals surface area contributed by atoms with Crippen LogP contribution in [0, 0.1) is 0 Å². The lowest BCUT2D eigenvalue weighted by Gasteiger charge is -2.10. The molecule has 5 nitrogen and oxygen atoms in total. The molecule has 0 heterocycles. The van der Waals surface area contributed by atoms with Gasteiger partial charge in [0.05, 0.1) is 13.7 Å². The Morgan fingerprint density at radius 2 is 2.00 bits per heavy atom. The average molecular weight is 301 g/mol. The van der Waals surface area contributed by atoms with E-state index in [0.717, 1.165) is 22.9 Å². The third-order valence-corrected chi connectivity index (χ3v) is 3.14. The van der Waals surface area contributed by atoms with Crippen molar-refractivity contribution in [3.63, 3.8) is 0 Å². The van der Waals surface area contributed by atoms with Gasteiger partial charge in [-0.05, 0) is 29.3 Å². The third-order valence-electron chi connectivity index (χ3n) is 3.14. The Morgan fingerprint density at radius 3 is 2.68 bits per heavy atom. The lowest BCUT2D eigenvalue weighted by atomic mass is 10.0. The fourth-order valence-electron chi connectivity index (χ4n) is 2.15. The van der Waals surface area contributed by atoms with Crippen molar-refractivity contribution >= 4 is 22.5 Å². The summed E-state index contributed by atoms with van der Waals surface area (Å²) in [6.45, 7) is 2.69. The second kappa shape index (κ2) is 7.45. The fourth-order valence-corrected chi connectivity index (χ4v) is 2.15. The summed E-state index contributed by atoms with van der Waals surface area (Å²) in [6, 6.07) is 11.4. The zero-order chi connectivity index (χ0) is 15.9. The summed E-state index contributed by atoms with van der Waals surface area (Å²) in [5.41, 5.74) is 0.774. The molecule has 0 amide bonds. The summed E-state index contributed by atoms with van der Waals surface area (Å²) in [6.07, 6.45) is 0.929. The molecule has 116 valence electrons. The van der Waals surface area contributed by atoms with Crippen LogP contribution in [0.5, 0.6) is 5.75 Å². The number of fused-ring (bicyclic) bond motifs is 1. The van der Waals surface area contributed by atoms with Gasteiger partial charge in [-0.25, -0.2) is 4.79 Å². The Balaban J connectivity index is 2.56. The molecule has 0 unspecified atom stereocenters. The highest BCUT2D eigenvalue weighted by molar-refractivity contribution is 6.45. The monoisotopic (exact) mass is 301 g/mol. The van der Waals surface area contributed by atoms with Crippen LogP contribution in [0.4, 0.5) is 0 Å². The molecule has 2 rings (SSSR count). The minimum atomic E-state index is -0.547. The van der Waals surface area contributed by atoms with E-state index in [1.807, 2.05) is 37.3 Å². The van der Waals surface area contributed by atoms with E-state index in [-0.39, 0.29) is 5.71 Å². The van der Waals surface area contributed by atoms with Crippen LogP contribution in [0.15, 0.2) is 41.6 Å². The predicted octanol–water partition coefficient (Wildman–Crippen LogP) is 3.15. The molecule has 0 fully saturated rings. The summed E-state index contributed by atoms with van der Waals surface area (Å²) >= 11 is 0. The standard InChI is InChI=1S/C17H19NO4/c1-4-10-22-13-9-8-12-6-5-7-14(15(12)11-13)16(18-21-3)17(19)20-2/h5-9,11H,4,10H2,1-3H3/b18-16+. The number of rotatable bonds is 6. The zero-order valence-electron chi connectivity index (χ0n) is 13.0. The number of nitrogens with zero attached hydrogens (tertiary/aromatic N) is 1. The molecule has 22 heavy (non-hydrogen) atoms. The molecule has 0 bridgehead atoms. The molecule has 0 aliphatic heterocycles. The summed E-state index contributed by atoms with van der Waals surface area (Å²) in [4.78, 5) is 16.7. The van der Waals surface area contributed by atoms with Gasteiger partial charge in [0.2, 0.25) is 0 Å². The van der Waals surface area contributed by atoms with Gasteiger partial charge < -0.3 is 14.3 Å². The van der Waals surface area contributed by atoms with Crippen molar-refractivity contribution < 1.29 is 19.1 Å². The number of oxime groups is 1. The van der Waals surface area contributed by atoms with Gasteiger partial charge >= 0.3 is 5.97 Å². The highest BCUT2D eigenvalue weighted by Crippen LogP contribution is 2.25. The number of esters is 1. The minimum Gasteiger partial charge on any atom is -0.494 e. The van der Waals surface area contributed by atoms with Crippen molar-refractivity contribution in [2.24, 2.45) is 5.16 Å². The molecule has 0 N–H and O–H groups in total. The molecule has 0 aromatic heterocycles. The normalized spacial score (nSPS) is 11.3. The predicted molar refractivity (Wildman–Crippen MR) is 85.3 cm³/mol. The molecule has 0 aliphatic rings. The topological polar surface area (TPSA) is 57.1 Å². The molecule has 5 heteroatoms. The molecule has 0 atom stereocenters. The van der Waals surface area contributed by atoms with E-state index >= 15 is 0 Å². The summed E-state index contributed by atoms with van der Waals surface area (Å²) in [7, 11) is 2.71. The number of methoxy groups -OCH3 is 1. The molecule has 0 radical (unpaired) electrons. The van der Waals surface area contributed by atoms with Gasteiger partial charge in [0.25, 0.3) is 0 Å². The lowest BCUT2D eigenvalue weighted by Crippen LogP contribution is -2.18. The van der Waals surface area contributed by atoms with Gasteiger partial charge in [-0.2, -0.15) is 0 Å². The average Bonchev–Trinajstić information content (AvgIpc) is 2.56. The Kier molecular flexibility index (Phi) is 5.36. The van der Waals surface area contributed by atoms with E-state index in [0.29, 0.717) is 12.2 Å². The number of carbonyl (C=O) groups is 1. The number of carbonyl (C=O) groups excluding carboxylic acids is 1. The van der Waals surface area contributed by atoms with E-state index in [1.54, 1.807) is 6.07 Å². The fraction of sp³-hybridized carbons (Fsp3) is 0.294. The van der Waals surface area contributed by atoms with Crippen molar-refractivity contribution in [2.75, 3.05) is 20.8 Å². The van der Waals surface area contributed by atoms with Crippen LogP contribution in [-0.2, 0) is 14.4 Å². The van der Waals surface area contributed by atoms with Crippen molar-refractivity contribution in [2.45, 2.75) is 13.3 Å². The molecular weight excluding hydrogens is 282 g/mol. The molecule has 0 saturated carbocycles. The summed E-state index contributed by atoms with van der Waals surface area (Å²) < 4.78 is 10.4. The first-order valence-corrected chi connectivity index (χ1v) is 7.06. The molecule has 2 aromatic carbocycles. The van der Waals surface area contributed by atoms with Gasteiger partial charge in [0.1, 0.15) is 12.9 Å². The summed E-state index contributed by atoms with van der Waals surface area (Å²) in [5, 5.41) is 5.65. The van der Waals surface area contributed by atoms with E-state index in [9.17, 15) is 4.79 Å². The van der Waals surface area contributed by atoms with Crippen LogP contribution < -0.4 is 4.74 Å². The van der Waals surface area contributed by atoms with Crippen molar-refractivity contribution in [3.05, 3.63) is 42.0 Å². The van der Waals surface area contributed by atoms with Gasteiger partial charge in [0, 0.05) is 5.56 Å². The largest absolute Gasteiger partial charge is 0.494 e. The number of hydrogen-bond donors (Lipinski definition) is 0. The quantitative estimate of drug-likeness (QED) is 0.467. The van der Waals surface area contributed by atoms with E-state index < -0.39 is 5.97 Å². The van der Waals surface area contributed by atoms with E-state index in [4.69, 9.17) is 14.3 Å². The highest BCUT2D eigenvalue weighted by atomic mass is 16.6. The molecule has 0 spiro atoms. The van der Waals surface area contributed by atoms with Crippen LogP contribution in [0.3, 0.4) is 0 Å². The number of benzene rings is 2. The van der Waals surface area contributed by atoms with Crippen LogP contribution in [0.2, 0.25) is 0 Å². The smallest absolute Gasteiger partial charge is 0.360 e. The van der Waals surface area contributed by atoms with Crippen LogP contribution in [0.1, 0.15) is 18.9 Å². The zero-order valence-corrected chi connectivity index (χ0v) is 13.0. The first kappa shape index (κ1) is 15.8. The Hall–Kier alpha value is -2.56. The third kappa shape index (κ3) is 3.36. The highest BCUT2D eigenvalue weighted by Gasteiger charge is 2.18. The number of ether oxygens (including phenoxy) is 2. The maximum absolute atomic E-state index is 11.9. The molecular formula is C17H19NO4. The molecule has 2 aromatic rings. The SMILES string of the molecule is CCCOc1ccc2cccc(/C(=N\OC)C(=O)OC)c2c1. The van der Waals surface area contributed by atoms with Crippen LogP contribution >= 0.6 is 0 Å². The lowest BCUT2D eigenvalue weighted by molar-refractivity contribution is -0.132. The van der Waals surface area contributed by atoms with Gasteiger partial charge in [0.15, 0.2) is 5.71 Å². The van der Waals surface area contributed by atoms with Crippen LogP contribution in [-0.4, -0.2) is 32.5 Å². The minimum absolute atomic E-state index is 0.128. The maximum Gasteiger partial charge on any atom is 0.360 e. The molecule has 0 saturated heterocycles. The Labute approximate surface area is 129 Å². The van der Waals surface area contributed by atoms with Gasteiger partial charge in [-0.1, -0.05) is 36.3 Å². The maximum atomic E-state index is 11.9. The van der Waals surface area contributed by atoms with E-state index in [1.165, 1.54) is 14.2 Å². The van der Waals surface area contributed by atoms with Gasteiger partial charge in [-0.3, -0.25) is 0 Å². The van der Waals surface area contributed by atoms with Crippen molar-refractivity contribution in [1.82, 2.24) is 0 Å². The second-order valence-electron chi connectivity index (χ2n) is 4.65. The second-order valence-corrected chi connectivity index (χ2v) is 4.65. The molecule has 0 aliphatic carbocycles. The first-order chi connectivity index (χ1) is 10.7. The first-order valence-electron chi connectivity index (χ1n) is 7.06. The van der Waals surface area contributed by atoms with E-state index in [2.05, 4.69) is 5.16 Å². The van der Waals surface area contributed by atoms with Crippen LogP contribution in [0.25, 0.3) is 10.8 Å². The van der Waals surface area contributed by atoms with Crippen molar-refractivity contribution in [1.29, 1.82) is 0 Å². The Bertz CT molecular complexity index is 694.